The predicted octanol–water partition coefficient (Wildman–Crippen LogP) is 3.22. The van der Waals surface area contributed by atoms with E-state index in [2.05, 4.69) is 28.8 Å². The molecule has 0 atom stereocenters. The standard InChI is InChI=1S/C19H24N2O2/c22-17-11-16(12-17)21-13-20-19(15-4-2-1-3-5-15)18(21)10-14-6-8-23-9-7-14/h1-5,13-14,16-17,22H,6-12H2. The van der Waals surface area contributed by atoms with E-state index in [4.69, 9.17) is 9.72 Å². The number of imidazole rings is 1. The van der Waals surface area contributed by atoms with Crippen LogP contribution in [0.2, 0.25) is 0 Å². The zero-order valence-electron chi connectivity index (χ0n) is 13.4. The summed E-state index contributed by atoms with van der Waals surface area (Å²) in [5.74, 6) is 0.673. The van der Waals surface area contributed by atoms with Crippen LogP contribution in [-0.4, -0.2) is 34.0 Å². The topological polar surface area (TPSA) is 47.3 Å². The smallest absolute Gasteiger partial charge is 0.0958 e. The van der Waals surface area contributed by atoms with Gasteiger partial charge < -0.3 is 14.4 Å². The van der Waals surface area contributed by atoms with Crippen molar-refractivity contribution in [3.05, 3.63) is 42.4 Å². The van der Waals surface area contributed by atoms with Gasteiger partial charge >= 0.3 is 0 Å². The average Bonchev–Trinajstić information content (AvgIpc) is 2.97. The molecule has 1 N–H and O–H groups in total. The van der Waals surface area contributed by atoms with Crippen molar-refractivity contribution in [3.63, 3.8) is 0 Å². The first-order valence-electron chi connectivity index (χ1n) is 8.68. The highest BCUT2D eigenvalue weighted by Crippen LogP contribution is 2.37. The van der Waals surface area contributed by atoms with Crippen LogP contribution in [0, 0.1) is 5.92 Å². The Morgan fingerprint density at radius 2 is 1.87 bits per heavy atom. The Morgan fingerprint density at radius 1 is 1.13 bits per heavy atom. The van der Waals surface area contributed by atoms with Gasteiger partial charge in [0.1, 0.15) is 0 Å². The van der Waals surface area contributed by atoms with Crippen LogP contribution in [0.3, 0.4) is 0 Å². The Labute approximate surface area is 137 Å². The monoisotopic (exact) mass is 312 g/mol. The minimum Gasteiger partial charge on any atom is -0.393 e. The first-order chi connectivity index (χ1) is 11.3. The molecule has 2 aromatic rings. The molecule has 0 spiro atoms. The summed E-state index contributed by atoms with van der Waals surface area (Å²) < 4.78 is 7.83. The third kappa shape index (κ3) is 3.06. The summed E-state index contributed by atoms with van der Waals surface area (Å²) in [6.45, 7) is 1.75. The fourth-order valence-electron chi connectivity index (χ4n) is 3.75. The van der Waals surface area contributed by atoms with Gasteiger partial charge in [0, 0.05) is 30.5 Å². The van der Waals surface area contributed by atoms with E-state index in [1.807, 2.05) is 12.4 Å². The molecule has 1 aromatic carbocycles. The van der Waals surface area contributed by atoms with Gasteiger partial charge in [-0.3, -0.25) is 0 Å². The van der Waals surface area contributed by atoms with Crippen LogP contribution in [-0.2, 0) is 11.2 Å². The number of hydrogen-bond donors (Lipinski definition) is 1. The van der Waals surface area contributed by atoms with Crippen molar-refractivity contribution < 1.29 is 9.84 Å². The number of rotatable bonds is 4. The van der Waals surface area contributed by atoms with E-state index in [0.717, 1.165) is 51.0 Å². The first kappa shape index (κ1) is 14.9. The molecule has 122 valence electrons. The Balaban J connectivity index is 1.65. The first-order valence-corrected chi connectivity index (χ1v) is 8.68. The molecule has 1 saturated heterocycles. The number of ether oxygens (including phenoxy) is 1. The van der Waals surface area contributed by atoms with Gasteiger partial charge in [-0.25, -0.2) is 4.98 Å². The lowest BCUT2D eigenvalue weighted by Gasteiger charge is -2.34. The third-order valence-electron chi connectivity index (χ3n) is 5.25. The average molecular weight is 312 g/mol. The molecule has 2 aliphatic rings. The van der Waals surface area contributed by atoms with Gasteiger partial charge in [0.25, 0.3) is 0 Å². The number of aliphatic hydroxyl groups excluding tert-OH is 1. The third-order valence-corrected chi connectivity index (χ3v) is 5.25. The number of aromatic nitrogens is 2. The lowest BCUT2D eigenvalue weighted by atomic mass is 9.87. The molecule has 2 heterocycles. The minimum absolute atomic E-state index is 0.140. The van der Waals surface area contributed by atoms with Crippen molar-refractivity contribution in [1.29, 1.82) is 0 Å². The summed E-state index contributed by atoms with van der Waals surface area (Å²) in [7, 11) is 0. The highest BCUT2D eigenvalue weighted by Gasteiger charge is 2.31. The second kappa shape index (κ2) is 6.46. The molecular formula is C19H24N2O2. The second-order valence-electron chi connectivity index (χ2n) is 6.85. The largest absolute Gasteiger partial charge is 0.393 e. The number of hydrogen-bond acceptors (Lipinski definition) is 3. The minimum atomic E-state index is -0.140. The summed E-state index contributed by atoms with van der Waals surface area (Å²) in [5, 5.41) is 9.67. The lowest BCUT2D eigenvalue weighted by molar-refractivity contribution is 0.0456. The quantitative estimate of drug-likeness (QED) is 0.943. The van der Waals surface area contributed by atoms with E-state index in [0.29, 0.717) is 12.0 Å². The molecule has 0 radical (unpaired) electrons. The molecule has 4 heteroatoms. The van der Waals surface area contributed by atoms with Crippen molar-refractivity contribution >= 4 is 0 Å². The van der Waals surface area contributed by atoms with Gasteiger partial charge in [0.15, 0.2) is 0 Å². The van der Waals surface area contributed by atoms with Crippen LogP contribution in [0.25, 0.3) is 11.3 Å². The number of benzene rings is 1. The van der Waals surface area contributed by atoms with Gasteiger partial charge in [-0.1, -0.05) is 30.3 Å². The van der Waals surface area contributed by atoms with Crippen LogP contribution in [0.15, 0.2) is 36.7 Å². The maximum absolute atomic E-state index is 9.67. The second-order valence-corrected chi connectivity index (χ2v) is 6.85. The molecule has 4 rings (SSSR count). The predicted molar refractivity (Wildman–Crippen MR) is 89.2 cm³/mol. The zero-order valence-corrected chi connectivity index (χ0v) is 13.4. The van der Waals surface area contributed by atoms with E-state index >= 15 is 0 Å². The van der Waals surface area contributed by atoms with E-state index in [1.54, 1.807) is 0 Å². The van der Waals surface area contributed by atoms with Gasteiger partial charge in [0.05, 0.1) is 18.1 Å². The van der Waals surface area contributed by atoms with Crippen LogP contribution in [0.1, 0.15) is 37.4 Å². The highest BCUT2D eigenvalue weighted by atomic mass is 16.5. The summed E-state index contributed by atoms with van der Waals surface area (Å²) in [6, 6.07) is 10.9. The van der Waals surface area contributed by atoms with E-state index in [9.17, 15) is 5.11 Å². The highest BCUT2D eigenvalue weighted by molar-refractivity contribution is 5.62. The van der Waals surface area contributed by atoms with Gasteiger partial charge in [0.2, 0.25) is 0 Å². The molecule has 1 aromatic heterocycles. The van der Waals surface area contributed by atoms with Crippen molar-refractivity contribution in [1.82, 2.24) is 9.55 Å². The Bertz CT molecular complexity index is 641. The molecule has 0 unspecified atom stereocenters. The van der Waals surface area contributed by atoms with E-state index in [-0.39, 0.29) is 6.10 Å². The van der Waals surface area contributed by atoms with Crippen LogP contribution in [0.5, 0.6) is 0 Å². The maximum atomic E-state index is 9.67. The molecule has 2 fully saturated rings. The zero-order chi connectivity index (χ0) is 15.6. The Hall–Kier alpha value is -1.65. The van der Waals surface area contributed by atoms with Gasteiger partial charge in [-0.05, 0) is 38.0 Å². The molecule has 1 aliphatic carbocycles. The summed E-state index contributed by atoms with van der Waals surface area (Å²) >= 11 is 0. The maximum Gasteiger partial charge on any atom is 0.0958 e. The fraction of sp³-hybridized carbons (Fsp3) is 0.526. The van der Waals surface area contributed by atoms with Crippen LogP contribution < -0.4 is 0 Å². The van der Waals surface area contributed by atoms with Crippen molar-refractivity contribution in [3.8, 4) is 11.3 Å². The van der Waals surface area contributed by atoms with E-state index < -0.39 is 0 Å². The lowest BCUT2D eigenvalue weighted by Crippen LogP contribution is -2.32. The normalized spacial score (nSPS) is 25.3. The molecule has 0 bridgehead atoms. The SMILES string of the molecule is OC1CC(n2cnc(-c3ccccc3)c2CC2CCOCC2)C1. The number of aliphatic hydroxyl groups is 1. The summed E-state index contributed by atoms with van der Waals surface area (Å²) in [5.41, 5.74) is 3.63. The molecule has 1 aliphatic heterocycles. The van der Waals surface area contributed by atoms with Crippen molar-refractivity contribution in [2.24, 2.45) is 5.92 Å². The van der Waals surface area contributed by atoms with Crippen LogP contribution in [0.4, 0.5) is 0 Å². The van der Waals surface area contributed by atoms with E-state index in [1.165, 1.54) is 11.3 Å². The van der Waals surface area contributed by atoms with Gasteiger partial charge in [-0.2, -0.15) is 0 Å². The van der Waals surface area contributed by atoms with Gasteiger partial charge in [-0.15, -0.1) is 0 Å². The molecule has 4 nitrogen and oxygen atoms in total. The van der Waals surface area contributed by atoms with Crippen molar-refractivity contribution in [2.75, 3.05) is 13.2 Å². The molecule has 0 amide bonds. The van der Waals surface area contributed by atoms with Crippen molar-refractivity contribution in [2.45, 2.75) is 44.2 Å². The summed E-state index contributed by atoms with van der Waals surface area (Å²) in [4.78, 5) is 4.73. The number of nitrogens with zero attached hydrogens (tertiary/aromatic N) is 2. The molecular weight excluding hydrogens is 288 g/mol. The van der Waals surface area contributed by atoms with Crippen LogP contribution >= 0.6 is 0 Å². The fourth-order valence-corrected chi connectivity index (χ4v) is 3.75. The Morgan fingerprint density at radius 3 is 2.57 bits per heavy atom. The molecule has 23 heavy (non-hydrogen) atoms. The molecule has 1 saturated carbocycles. The summed E-state index contributed by atoms with van der Waals surface area (Å²) in [6.07, 6.45) is 6.86. The Kier molecular flexibility index (Phi) is 4.19.